The van der Waals surface area contributed by atoms with Crippen LogP contribution < -0.4 is 15.2 Å². The Bertz CT molecular complexity index is 644. The maximum absolute atomic E-state index is 12.5. The molecule has 0 amide bonds. The Kier molecular flexibility index (Phi) is 4.53. The van der Waals surface area contributed by atoms with Crippen molar-refractivity contribution in [3.05, 3.63) is 18.2 Å². The van der Waals surface area contributed by atoms with E-state index in [1.165, 1.54) is 12.1 Å². The van der Waals surface area contributed by atoms with Crippen molar-refractivity contribution in [2.75, 3.05) is 26.3 Å². The van der Waals surface area contributed by atoms with Crippen LogP contribution in [-0.4, -0.2) is 50.1 Å². The number of sulfonamides is 1. The van der Waals surface area contributed by atoms with Crippen molar-refractivity contribution in [3.63, 3.8) is 0 Å². The van der Waals surface area contributed by atoms with Crippen LogP contribution in [-0.2, 0) is 10.0 Å². The Hall–Kier alpha value is -2.00. The number of benzene rings is 1. The van der Waals surface area contributed by atoms with Gasteiger partial charge in [0.05, 0.1) is 11.4 Å². The molecule has 0 unspecified atom stereocenters. The van der Waals surface area contributed by atoms with E-state index in [-0.39, 0.29) is 23.8 Å². The Morgan fingerprint density at radius 2 is 2.05 bits per heavy atom. The number of ether oxygens (including phenoxy) is 2. The highest BCUT2D eigenvalue weighted by atomic mass is 32.2. The lowest BCUT2D eigenvalue weighted by Gasteiger charge is -2.22. The zero-order valence-corrected chi connectivity index (χ0v) is 12.3. The van der Waals surface area contributed by atoms with Gasteiger partial charge in [-0.1, -0.05) is 12.1 Å². The Labute approximate surface area is 122 Å². The fourth-order valence-electron chi connectivity index (χ4n) is 1.91. The third-order valence-electron chi connectivity index (χ3n) is 2.97. The normalized spacial score (nSPS) is 15.2. The first kappa shape index (κ1) is 15.4. The van der Waals surface area contributed by atoms with E-state index >= 15 is 0 Å². The van der Waals surface area contributed by atoms with Gasteiger partial charge in [0, 0.05) is 12.6 Å². The molecule has 116 valence electrons. The number of hydrogen-bond acceptors (Lipinski definition) is 6. The number of likely N-dealkylation sites (N-methyl/N-ethyl adjacent to an activating group) is 1. The summed E-state index contributed by atoms with van der Waals surface area (Å²) in [7, 11) is -3.76. The van der Waals surface area contributed by atoms with Gasteiger partial charge in [0.15, 0.2) is 17.3 Å². The van der Waals surface area contributed by atoms with E-state index < -0.39 is 10.0 Å². The molecule has 2 rings (SSSR count). The molecule has 8 nitrogen and oxygen atoms in total. The van der Waals surface area contributed by atoms with Crippen molar-refractivity contribution in [1.82, 2.24) is 4.31 Å². The number of nitrogens with two attached hydrogens (primary N) is 1. The number of fused-ring (bicyclic) bond motifs is 1. The van der Waals surface area contributed by atoms with E-state index in [0.717, 1.165) is 4.31 Å². The fourth-order valence-corrected chi connectivity index (χ4v) is 3.35. The molecule has 0 bridgehead atoms. The predicted octanol–water partition coefficient (Wildman–Crippen LogP) is 0.215. The van der Waals surface area contributed by atoms with E-state index in [0.29, 0.717) is 24.7 Å². The minimum absolute atomic E-state index is 0.0688. The van der Waals surface area contributed by atoms with Gasteiger partial charge in [-0.3, -0.25) is 0 Å². The Morgan fingerprint density at radius 3 is 2.67 bits per heavy atom. The molecule has 0 aromatic heterocycles. The molecule has 9 heteroatoms. The summed E-state index contributed by atoms with van der Waals surface area (Å²) in [5, 5.41) is 11.4. The highest BCUT2D eigenvalue weighted by Gasteiger charge is 2.26. The lowest BCUT2D eigenvalue weighted by atomic mass is 10.3. The molecule has 1 aliphatic heterocycles. The van der Waals surface area contributed by atoms with Crippen LogP contribution in [0.15, 0.2) is 28.3 Å². The fraction of sp³-hybridized carbons (Fsp3) is 0.417. The molecule has 0 atom stereocenters. The first-order chi connectivity index (χ1) is 9.98. The largest absolute Gasteiger partial charge is 0.486 e. The lowest BCUT2D eigenvalue weighted by molar-refractivity contribution is 0.171. The molecular weight excluding hydrogens is 298 g/mol. The van der Waals surface area contributed by atoms with Gasteiger partial charge < -0.3 is 20.4 Å². The third kappa shape index (κ3) is 3.19. The maximum atomic E-state index is 12.5. The second kappa shape index (κ2) is 6.19. The first-order valence-electron chi connectivity index (χ1n) is 6.35. The summed E-state index contributed by atoms with van der Waals surface area (Å²) in [6, 6.07) is 4.41. The predicted molar refractivity (Wildman–Crippen MR) is 75.3 cm³/mol. The molecule has 1 aliphatic rings. The minimum Gasteiger partial charge on any atom is -0.486 e. The summed E-state index contributed by atoms with van der Waals surface area (Å²) < 4.78 is 36.9. The van der Waals surface area contributed by atoms with Gasteiger partial charge in [-0.2, -0.15) is 4.31 Å². The zero-order chi connectivity index (χ0) is 15.5. The molecule has 0 aliphatic carbocycles. The summed E-state index contributed by atoms with van der Waals surface area (Å²) in [4.78, 5) is 0.0688. The molecule has 0 saturated carbocycles. The van der Waals surface area contributed by atoms with Crippen LogP contribution in [0.5, 0.6) is 11.5 Å². The van der Waals surface area contributed by atoms with E-state index in [9.17, 15) is 8.42 Å². The quantitative estimate of drug-likeness (QED) is 0.347. The lowest BCUT2D eigenvalue weighted by Crippen LogP contribution is -2.38. The smallest absolute Gasteiger partial charge is 0.243 e. The zero-order valence-electron chi connectivity index (χ0n) is 11.5. The van der Waals surface area contributed by atoms with E-state index in [1.807, 2.05) is 0 Å². The summed E-state index contributed by atoms with van der Waals surface area (Å²) in [5.41, 5.74) is 5.38. The summed E-state index contributed by atoms with van der Waals surface area (Å²) >= 11 is 0. The van der Waals surface area contributed by atoms with Crippen LogP contribution >= 0.6 is 0 Å². The number of rotatable bonds is 5. The first-order valence-corrected chi connectivity index (χ1v) is 7.79. The van der Waals surface area contributed by atoms with Crippen LogP contribution in [0.2, 0.25) is 0 Å². The molecular formula is C12H17N3O5S. The van der Waals surface area contributed by atoms with Crippen LogP contribution in [0.4, 0.5) is 0 Å². The topological polar surface area (TPSA) is 114 Å². The van der Waals surface area contributed by atoms with Gasteiger partial charge in [-0.25, -0.2) is 8.42 Å². The highest BCUT2D eigenvalue weighted by Crippen LogP contribution is 2.33. The average Bonchev–Trinajstić information content (AvgIpc) is 2.51. The highest BCUT2D eigenvalue weighted by molar-refractivity contribution is 7.89. The number of hydrogen-bond donors (Lipinski definition) is 2. The van der Waals surface area contributed by atoms with E-state index in [1.54, 1.807) is 13.0 Å². The molecule has 0 radical (unpaired) electrons. The Balaban J connectivity index is 2.33. The van der Waals surface area contributed by atoms with Crippen molar-refractivity contribution in [3.8, 4) is 11.5 Å². The van der Waals surface area contributed by atoms with Crippen molar-refractivity contribution in [1.29, 1.82) is 0 Å². The van der Waals surface area contributed by atoms with E-state index in [4.69, 9.17) is 20.4 Å². The monoisotopic (exact) mass is 315 g/mol. The number of nitrogens with zero attached hydrogens (tertiary/aromatic N) is 2. The van der Waals surface area contributed by atoms with Crippen LogP contribution in [0.25, 0.3) is 0 Å². The minimum atomic E-state index is -3.76. The van der Waals surface area contributed by atoms with E-state index in [2.05, 4.69) is 5.16 Å². The SMILES string of the molecule is CCN(CC(N)=NO)S(=O)(=O)c1ccc2c(c1)OCCO2. The van der Waals surface area contributed by atoms with Crippen molar-refractivity contribution >= 4 is 15.9 Å². The summed E-state index contributed by atoms with van der Waals surface area (Å²) in [6.45, 7) is 2.47. The molecule has 1 aromatic carbocycles. The molecule has 0 fully saturated rings. The maximum Gasteiger partial charge on any atom is 0.243 e. The van der Waals surface area contributed by atoms with Crippen molar-refractivity contribution < 1.29 is 23.1 Å². The van der Waals surface area contributed by atoms with Crippen molar-refractivity contribution in [2.45, 2.75) is 11.8 Å². The van der Waals surface area contributed by atoms with Crippen LogP contribution in [0.1, 0.15) is 6.92 Å². The standard InChI is InChI=1S/C12H17N3O5S/c1-2-15(8-12(13)14-16)21(17,18)9-3-4-10-11(7-9)20-6-5-19-10/h3-4,7,16H,2,5-6,8H2,1H3,(H2,13,14). The molecule has 1 aromatic rings. The molecule has 21 heavy (non-hydrogen) atoms. The number of oxime groups is 1. The molecule has 3 N–H and O–H groups in total. The summed E-state index contributed by atoms with van der Waals surface area (Å²) in [5.74, 6) is 0.722. The second-order valence-corrected chi connectivity index (χ2v) is 6.27. The summed E-state index contributed by atoms with van der Waals surface area (Å²) in [6.07, 6.45) is 0. The van der Waals surface area contributed by atoms with Gasteiger partial charge in [-0.05, 0) is 12.1 Å². The second-order valence-electron chi connectivity index (χ2n) is 4.33. The Morgan fingerprint density at radius 1 is 1.38 bits per heavy atom. The average molecular weight is 315 g/mol. The van der Waals surface area contributed by atoms with Gasteiger partial charge in [0.2, 0.25) is 10.0 Å². The number of amidine groups is 1. The van der Waals surface area contributed by atoms with Crippen LogP contribution in [0.3, 0.4) is 0 Å². The molecule has 0 spiro atoms. The van der Waals surface area contributed by atoms with Crippen molar-refractivity contribution in [2.24, 2.45) is 10.9 Å². The molecule has 1 heterocycles. The van der Waals surface area contributed by atoms with Gasteiger partial charge >= 0.3 is 0 Å². The van der Waals surface area contributed by atoms with Gasteiger partial charge in [0.1, 0.15) is 13.2 Å². The van der Waals surface area contributed by atoms with Gasteiger partial charge in [-0.15, -0.1) is 0 Å². The van der Waals surface area contributed by atoms with Gasteiger partial charge in [0.25, 0.3) is 0 Å². The van der Waals surface area contributed by atoms with Crippen LogP contribution in [0, 0.1) is 0 Å². The molecule has 0 saturated heterocycles. The third-order valence-corrected chi connectivity index (χ3v) is 4.89.